The third-order valence-corrected chi connectivity index (χ3v) is 5.45. The van der Waals surface area contributed by atoms with Crippen LogP contribution in [0.4, 0.5) is 11.5 Å². The highest BCUT2D eigenvalue weighted by molar-refractivity contribution is 6.07. The van der Waals surface area contributed by atoms with E-state index in [9.17, 15) is 14.4 Å². The monoisotopic (exact) mass is 478 g/mol. The van der Waals surface area contributed by atoms with Gasteiger partial charge in [-0.05, 0) is 36.8 Å². The van der Waals surface area contributed by atoms with Crippen molar-refractivity contribution in [2.75, 3.05) is 24.4 Å². The highest BCUT2D eigenvalue weighted by atomic mass is 16.5. The lowest BCUT2D eigenvalue weighted by molar-refractivity contribution is 0.0984. The first-order valence-electron chi connectivity index (χ1n) is 11.3. The van der Waals surface area contributed by atoms with E-state index in [1.54, 1.807) is 42.5 Å². The maximum absolute atomic E-state index is 13.7. The maximum Gasteiger partial charge on any atom is 0.330 e. The van der Waals surface area contributed by atoms with Gasteiger partial charge in [-0.2, -0.15) is 0 Å². The summed E-state index contributed by atoms with van der Waals surface area (Å²) in [5.74, 6) is 0.585. The number of benzene rings is 2. The zero-order valence-corrected chi connectivity index (χ0v) is 20.0. The summed E-state index contributed by atoms with van der Waals surface area (Å²) in [6.07, 6.45) is 3.13. The van der Waals surface area contributed by atoms with E-state index in [2.05, 4.69) is 11.6 Å². The Labute approximate surface area is 203 Å². The van der Waals surface area contributed by atoms with Crippen LogP contribution in [0.25, 0.3) is 0 Å². The lowest BCUT2D eigenvalue weighted by Crippen LogP contribution is -2.41. The largest absolute Gasteiger partial charge is 0.496 e. The van der Waals surface area contributed by atoms with Gasteiger partial charge in [0.1, 0.15) is 23.9 Å². The number of H-pyrrole nitrogens is 1. The normalized spacial score (nSPS) is 10.6. The van der Waals surface area contributed by atoms with Crippen LogP contribution in [0.15, 0.2) is 70.8 Å². The van der Waals surface area contributed by atoms with Crippen molar-refractivity contribution in [2.45, 2.75) is 32.9 Å². The molecule has 0 atom stereocenters. The molecule has 1 aromatic heterocycles. The molecular weight excluding hydrogens is 448 g/mol. The molecule has 1 amide bonds. The summed E-state index contributed by atoms with van der Waals surface area (Å²) in [5.41, 5.74) is 5.87. The third kappa shape index (κ3) is 5.81. The number of ether oxygens (including phenoxy) is 2. The van der Waals surface area contributed by atoms with Gasteiger partial charge in [0.2, 0.25) is 0 Å². The summed E-state index contributed by atoms with van der Waals surface area (Å²) < 4.78 is 12.2. The number of nitrogens with two attached hydrogens (primary N) is 1. The fraction of sp³-hybridized carbons (Fsp3) is 0.269. The Morgan fingerprint density at radius 3 is 2.54 bits per heavy atom. The average Bonchev–Trinajstić information content (AvgIpc) is 2.86. The molecule has 3 rings (SSSR count). The molecule has 9 nitrogen and oxygen atoms in total. The molecule has 0 radical (unpaired) electrons. The van der Waals surface area contributed by atoms with Crippen LogP contribution in [0, 0.1) is 0 Å². The van der Waals surface area contributed by atoms with Crippen LogP contribution >= 0.6 is 0 Å². The highest BCUT2D eigenvalue weighted by Gasteiger charge is 2.26. The smallest absolute Gasteiger partial charge is 0.330 e. The Balaban J connectivity index is 2.12. The van der Waals surface area contributed by atoms with Crippen LogP contribution < -0.4 is 31.4 Å². The van der Waals surface area contributed by atoms with Gasteiger partial charge in [0, 0.05) is 17.7 Å². The topological polar surface area (TPSA) is 120 Å². The van der Waals surface area contributed by atoms with Gasteiger partial charge in [-0.15, -0.1) is 0 Å². The number of anilines is 2. The number of rotatable bonds is 11. The number of carbonyl (C=O) groups is 1. The number of unbranched alkanes of at least 4 members (excludes halogenated alkanes) is 1. The molecule has 1 heterocycles. The van der Waals surface area contributed by atoms with Crippen molar-refractivity contribution in [3.05, 3.63) is 93.2 Å². The van der Waals surface area contributed by atoms with E-state index in [0.29, 0.717) is 42.2 Å². The van der Waals surface area contributed by atoms with Crippen LogP contribution in [0.3, 0.4) is 0 Å². The van der Waals surface area contributed by atoms with Crippen LogP contribution in [0.5, 0.6) is 11.5 Å². The van der Waals surface area contributed by atoms with E-state index in [-0.39, 0.29) is 18.1 Å². The molecule has 0 aliphatic heterocycles. The highest BCUT2D eigenvalue weighted by Crippen LogP contribution is 2.26. The lowest BCUT2D eigenvalue weighted by Gasteiger charge is -2.25. The van der Waals surface area contributed by atoms with E-state index in [0.717, 1.165) is 6.42 Å². The number of nitrogen functional groups attached to an aromatic ring is 1. The van der Waals surface area contributed by atoms with Crippen molar-refractivity contribution >= 4 is 17.4 Å². The molecule has 0 saturated carbocycles. The van der Waals surface area contributed by atoms with Crippen LogP contribution in [-0.2, 0) is 13.1 Å². The van der Waals surface area contributed by atoms with E-state index in [1.165, 1.54) is 16.6 Å². The minimum Gasteiger partial charge on any atom is -0.496 e. The summed E-state index contributed by atoms with van der Waals surface area (Å²) in [6.45, 7) is 6.24. The Kier molecular flexibility index (Phi) is 8.50. The molecule has 0 fully saturated rings. The van der Waals surface area contributed by atoms with Crippen molar-refractivity contribution in [3.63, 3.8) is 0 Å². The fourth-order valence-electron chi connectivity index (χ4n) is 3.64. The molecule has 3 aromatic rings. The molecule has 0 saturated heterocycles. The van der Waals surface area contributed by atoms with Gasteiger partial charge in [-0.1, -0.05) is 44.2 Å². The van der Waals surface area contributed by atoms with Gasteiger partial charge in [-0.25, -0.2) is 4.79 Å². The predicted octanol–water partition coefficient (Wildman–Crippen LogP) is 3.34. The van der Waals surface area contributed by atoms with Gasteiger partial charge < -0.3 is 15.2 Å². The van der Waals surface area contributed by atoms with Gasteiger partial charge in [0.05, 0.1) is 13.7 Å². The van der Waals surface area contributed by atoms with Gasteiger partial charge in [-0.3, -0.25) is 24.0 Å². The second-order valence-corrected chi connectivity index (χ2v) is 7.83. The van der Waals surface area contributed by atoms with Gasteiger partial charge in [0.15, 0.2) is 5.69 Å². The predicted molar refractivity (Wildman–Crippen MR) is 136 cm³/mol. The van der Waals surface area contributed by atoms with E-state index in [4.69, 9.17) is 15.2 Å². The van der Waals surface area contributed by atoms with Crippen molar-refractivity contribution in [2.24, 2.45) is 0 Å². The van der Waals surface area contributed by atoms with Crippen molar-refractivity contribution in [1.29, 1.82) is 0 Å². The number of aromatic nitrogens is 2. The van der Waals surface area contributed by atoms with E-state index < -0.39 is 17.2 Å². The number of para-hydroxylation sites is 1. The molecular formula is C26H30N4O5. The number of nitrogens with one attached hydrogen (secondary N) is 1. The molecule has 35 heavy (non-hydrogen) atoms. The van der Waals surface area contributed by atoms with Crippen LogP contribution in [0.1, 0.15) is 35.7 Å². The summed E-state index contributed by atoms with van der Waals surface area (Å²) in [7, 11) is 1.53. The fourth-order valence-corrected chi connectivity index (χ4v) is 3.64. The Morgan fingerprint density at radius 1 is 1.17 bits per heavy atom. The minimum absolute atomic E-state index is 0.00315. The molecule has 0 spiro atoms. The molecule has 0 aliphatic rings. The average molecular weight is 479 g/mol. The number of hydrogen-bond acceptors (Lipinski definition) is 6. The molecule has 9 heteroatoms. The first kappa shape index (κ1) is 25.4. The quantitative estimate of drug-likeness (QED) is 0.408. The molecule has 0 unspecified atom stereocenters. The Morgan fingerprint density at radius 2 is 1.89 bits per heavy atom. The summed E-state index contributed by atoms with van der Waals surface area (Å²) in [6, 6.07) is 13.7. The number of methoxy groups -OCH3 is 1. The zero-order valence-electron chi connectivity index (χ0n) is 20.0. The van der Waals surface area contributed by atoms with Gasteiger partial charge in [0.25, 0.3) is 11.5 Å². The van der Waals surface area contributed by atoms with E-state index in [1.807, 2.05) is 19.1 Å². The maximum atomic E-state index is 13.7. The number of nitrogens with zero attached hydrogens (tertiary/aromatic N) is 2. The van der Waals surface area contributed by atoms with Crippen molar-refractivity contribution in [1.82, 2.24) is 9.55 Å². The van der Waals surface area contributed by atoms with E-state index >= 15 is 0 Å². The number of amides is 1. The second kappa shape index (κ2) is 11.7. The van der Waals surface area contributed by atoms with Crippen LogP contribution in [-0.4, -0.2) is 29.2 Å². The molecule has 0 bridgehead atoms. The summed E-state index contributed by atoms with van der Waals surface area (Å²) in [5, 5.41) is 0. The zero-order chi connectivity index (χ0) is 25.4. The molecule has 0 aliphatic carbocycles. The number of carbonyl (C=O) groups excluding carboxylic acids is 1. The lowest BCUT2D eigenvalue weighted by atomic mass is 10.1. The first-order valence-corrected chi connectivity index (χ1v) is 11.3. The van der Waals surface area contributed by atoms with Crippen molar-refractivity contribution in [3.8, 4) is 11.5 Å². The SMILES string of the molecule is C=CCOc1ccc(C(=O)N(Cc2ccccc2OC)c2c(N)n(CCCC)c(=O)[nH]c2=O)cc1. The summed E-state index contributed by atoms with van der Waals surface area (Å²) >= 11 is 0. The molecule has 3 N–H and O–H groups in total. The molecule has 184 valence electrons. The van der Waals surface area contributed by atoms with Crippen molar-refractivity contribution < 1.29 is 14.3 Å². The number of hydrogen-bond donors (Lipinski definition) is 2. The standard InChI is InChI=1S/C26H30N4O5/c1-4-6-15-29-23(27)22(24(31)28-26(29)33)30(17-19-9-7-8-10-21(19)34-3)25(32)18-11-13-20(14-12-18)35-16-5-2/h5,7-14H,2,4,6,15-17,27H2,1,3H3,(H,28,31,33). The first-order chi connectivity index (χ1) is 16.9. The second-order valence-electron chi connectivity index (χ2n) is 7.83. The minimum atomic E-state index is -0.741. The Hall–Kier alpha value is -4.27. The third-order valence-electron chi connectivity index (χ3n) is 5.45. The van der Waals surface area contributed by atoms with Crippen LogP contribution in [0.2, 0.25) is 0 Å². The molecule has 2 aromatic carbocycles. The van der Waals surface area contributed by atoms with Gasteiger partial charge >= 0.3 is 5.69 Å². The Bertz CT molecular complexity index is 1290. The summed E-state index contributed by atoms with van der Waals surface area (Å²) in [4.78, 5) is 42.7. The number of aromatic amines is 1.